The number of hydrogen-bond acceptors (Lipinski definition) is 3. The maximum Gasteiger partial charge on any atom is 0.176 e. The van der Waals surface area contributed by atoms with Crippen LogP contribution in [0.15, 0.2) is 42.6 Å². The Kier molecular flexibility index (Phi) is 4.90. The van der Waals surface area contributed by atoms with Gasteiger partial charge in [0.1, 0.15) is 11.6 Å². The molecule has 0 aliphatic rings. The molecule has 0 amide bonds. The molecule has 1 aromatic carbocycles. The van der Waals surface area contributed by atoms with E-state index in [1.54, 1.807) is 6.20 Å². The van der Waals surface area contributed by atoms with E-state index in [0.717, 1.165) is 22.8 Å². The van der Waals surface area contributed by atoms with E-state index in [0.29, 0.717) is 11.7 Å². The predicted octanol–water partition coefficient (Wildman–Crippen LogP) is 3.60. The van der Waals surface area contributed by atoms with Crippen molar-refractivity contribution in [1.82, 2.24) is 4.98 Å². The lowest BCUT2D eigenvalue weighted by molar-refractivity contribution is 0.340. The van der Waals surface area contributed by atoms with Crippen molar-refractivity contribution in [1.29, 1.82) is 0 Å². The van der Waals surface area contributed by atoms with E-state index in [4.69, 9.17) is 17.0 Å². The van der Waals surface area contributed by atoms with Crippen LogP contribution in [0, 0.1) is 6.92 Å². The van der Waals surface area contributed by atoms with Crippen molar-refractivity contribution in [3.05, 3.63) is 48.2 Å². The second-order valence-corrected chi connectivity index (χ2v) is 4.66. The molecule has 2 aromatic rings. The summed E-state index contributed by atoms with van der Waals surface area (Å²) in [5, 5.41) is 6.66. The van der Waals surface area contributed by atoms with Gasteiger partial charge >= 0.3 is 0 Å². The molecule has 0 aliphatic carbocycles. The van der Waals surface area contributed by atoms with Gasteiger partial charge in [-0.15, -0.1) is 0 Å². The van der Waals surface area contributed by atoms with Crippen LogP contribution in [0.4, 0.5) is 11.5 Å². The number of pyridine rings is 1. The third-order valence-electron chi connectivity index (χ3n) is 2.58. The van der Waals surface area contributed by atoms with E-state index >= 15 is 0 Å². The Hall–Kier alpha value is -2.14. The first-order valence-electron chi connectivity index (χ1n) is 6.41. The normalized spacial score (nSPS) is 9.90. The highest BCUT2D eigenvalue weighted by atomic mass is 32.1. The molecule has 5 heteroatoms. The highest BCUT2D eigenvalue weighted by Gasteiger charge is 2.00. The second-order valence-electron chi connectivity index (χ2n) is 4.25. The monoisotopic (exact) mass is 287 g/mol. The van der Waals surface area contributed by atoms with E-state index < -0.39 is 0 Å². The molecule has 1 aromatic heterocycles. The van der Waals surface area contributed by atoms with Crippen LogP contribution in [0.25, 0.3) is 0 Å². The molecule has 0 aliphatic heterocycles. The Morgan fingerprint density at radius 1 is 1.20 bits per heavy atom. The van der Waals surface area contributed by atoms with Gasteiger partial charge in [-0.1, -0.05) is 0 Å². The van der Waals surface area contributed by atoms with Crippen LogP contribution in [0.2, 0.25) is 0 Å². The third kappa shape index (κ3) is 4.20. The summed E-state index contributed by atoms with van der Waals surface area (Å²) in [5.41, 5.74) is 2.03. The standard InChI is InChI=1S/C15H17N3OS/c1-3-19-13-6-4-12(5-7-13)17-15(20)18-14-10-11(2)8-9-16-14/h4-10H,3H2,1-2H3,(H2,16,17,18,20). The summed E-state index contributed by atoms with van der Waals surface area (Å²) in [6.45, 7) is 4.63. The minimum absolute atomic E-state index is 0.507. The molecule has 0 atom stereocenters. The molecule has 104 valence electrons. The number of aryl methyl sites for hydroxylation is 1. The van der Waals surface area contributed by atoms with Crippen molar-refractivity contribution in [2.24, 2.45) is 0 Å². The Labute approximate surface area is 124 Å². The average Bonchev–Trinajstić information content (AvgIpc) is 2.41. The van der Waals surface area contributed by atoms with Crippen molar-refractivity contribution in [2.75, 3.05) is 17.2 Å². The van der Waals surface area contributed by atoms with Gasteiger partial charge in [0.25, 0.3) is 0 Å². The quantitative estimate of drug-likeness (QED) is 0.841. The first kappa shape index (κ1) is 14.3. The lowest BCUT2D eigenvalue weighted by Crippen LogP contribution is -2.19. The fraction of sp³-hybridized carbons (Fsp3) is 0.200. The van der Waals surface area contributed by atoms with Crippen molar-refractivity contribution in [2.45, 2.75) is 13.8 Å². The number of rotatable bonds is 4. The molecule has 2 rings (SSSR count). The number of ether oxygens (including phenoxy) is 1. The van der Waals surface area contributed by atoms with Crippen LogP contribution in [0.5, 0.6) is 5.75 Å². The lowest BCUT2D eigenvalue weighted by atomic mass is 10.3. The molecule has 20 heavy (non-hydrogen) atoms. The van der Waals surface area contributed by atoms with E-state index in [9.17, 15) is 0 Å². The topological polar surface area (TPSA) is 46.2 Å². The zero-order valence-electron chi connectivity index (χ0n) is 11.5. The van der Waals surface area contributed by atoms with Crippen LogP contribution < -0.4 is 15.4 Å². The van der Waals surface area contributed by atoms with Crippen LogP contribution in [0.3, 0.4) is 0 Å². The molecule has 2 N–H and O–H groups in total. The average molecular weight is 287 g/mol. The van der Waals surface area contributed by atoms with Gasteiger partial charge in [0.2, 0.25) is 0 Å². The van der Waals surface area contributed by atoms with Crippen LogP contribution in [0.1, 0.15) is 12.5 Å². The highest BCUT2D eigenvalue weighted by Crippen LogP contribution is 2.16. The largest absolute Gasteiger partial charge is 0.494 e. The van der Waals surface area contributed by atoms with Crippen molar-refractivity contribution in [3.63, 3.8) is 0 Å². The number of nitrogens with one attached hydrogen (secondary N) is 2. The molecule has 0 unspecified atom stereocenters. The number of anilines is 2. The zero-order valence-corrected chi connectivity index (χ0v) is 12.3. The summed E-state index contributed by atoms with van der Waals surface area (Å²) in [4.78, 5) is 4.20. The lowest BCUT2D eigenvalue weighted by Gasteiger charge is -2.11. The van der Waals surface area contributed by atoms with E-state index in [1.165, 1.54) is 0 Å². The Bertz CT molecular complexity index is 584. The van der Waals surface area contributed by atoms with Gasteiger partial charge in [-0.05, 0) is 68.0 Å². The first-order valence-corrected chi connectivity index (χ1v) is 6.81. The van der Waals surface area contributed by atoms with Crippen LogP contribution in [-0.2, 0) is 0 Å². The molecule has 0 radical (unpaired) electrons. The zero-order chi connectivity index (χ0) is 14.4. The molecule has 1 heterocycles. The number of hydrogen-bond donors (Lipinski definition) is 2. The van der Waals surface area contributed by atoms with E-state index in [-0.39, 0.29) is 0 Å². The summed E-state index contributed by atoms with van der Waals surface area (Å²) >= 11 is 5.25. The first-order chi connectivity index (χ1) is 9.67. The summed E-state index contributed by atoms with van der Waals surface area (Å²) in [6.07, 6.45) is 1.75. The Balaban J connectivity index is 1.94. The SMILES string of the molecule is CCOc1ccc(NC(=S)Nc2cc(C)ccn2)cc1. The van der Waals surface area contributed by atoms with E-state index in [2.05, 4.69) is 15.6 Å². The third-order valence-corrected chi connectivity index (χ3v) is 2.78. The number of benzene rings is 1. The van der Waals surface area contributed by atoms with Gasteiger partial charge in [0.15, 0.2) is 5.11 Å². The van der Waals surface area contributed by atoms with E-state index in [1.807, 2.05) is 50.2 Å². The molecule has 4 nitrogen and oxygen atoms in total. The van der Waals surface area contributed by atoms with Gasteiger partial charge in [0.05, 0.1) is 6.61 Å². The maximum absolute atomic E-state index is 5.39. The molecule has 0 saturated heterocycles. The van der Waals surface area contributed by atoms with Crippen LogP contribution >= 0.6 is 12.2 Å². The Morgan fingerprint density at radius 3 is 2.60 bits per heavy atom. The second kappa shape index (κ2) is 6.86. The minimum Gasteiger partial charge on any atom is -0.494 e. The van der Waals surface area contributed by atoms with Crippen LogP contribution in [-0.4, -0.2) is 16.7 Å². The Morgan fingerprint density at radius 2 is 1.95 bits per heavy atom. The van der Waals surface area contributed by atoms with Gasteiger partial charge in [-0.2, -0.15) is 0 Å². The van der Waals surface area contributed by atoms with Gasteiger partial charge < -0.3 is 15.4 Å². The molecule has 0 fully saturated rings. The van der Waals surface area contributed by atoms with Gasteiger partial charge in [-0.25, -0.2) is 4.98 Å². The van der Waals surface area contributed by atoms with Crippen molar-refractivity contribution in [3.8, 4) is 5.75 Å². The molecule has 0 spiro atoms. The molecular weight excluding hydrogens is 270 g/mol. The number of nitrogens with zero attached hydrogens (tertiary/aromatic N) is 1. The highest BCUT2D eigenvalue weighted by molar-refractivity contribution is 7.80. The fourth-order valence-electron chi connectivity index (χ4n) is 1.68. The molecule has 0 saturated carbocycles. The minimum atomic E-state index is 0.507. The van der Waals surface area contributed by atoms with Crippen molar-refractivity contribution >= 4 is 28.8 Å². The van der Waals surface area contributed by atoms with Crippen molar-refractivity contribution < 1.29 is 4.74 Å². The summed E-state index contributed by atoms with van der Waals surface area (Å²) in [6, 6.07) is 11.5. The maximum atomic E-state index is 5.39. The van der Waals surface area contributed by atoms with Gasteiger partial charge in [0, 0.05) is 11.9 Å². The summed E-state index contributed by atoms with van der Waals surface area (Å²) < 4.78 is 5.39. The summed E-state index contributed by atoms with van der Waals surface area (Å²) in [7, 11) is 0. The molecular formula is C15H17N3OS. The fourth-order valence-corrected chi connectivity index (χ4v) is 1.91. The number of thiocarbonyl (C=S) groups is 1. The number of aromatic nitrogens is 1. The summed E-state index contributed by atoms with van der Waals surface area (Å²) in [5.74, 6) is 1.57. The van der Waals surface area contributed by atoms with Gasteiger partial charge in [-0.3, -0.25) is 0 Å². The predicted molar refractivity (Wildman–Crippen MR) is 86.4 cm³/mol. The molecule has 0 bridgehead atoms. The smallest absolute Gasteiger partial charge is 0.176 e.